The fourth-order valence-electron chi connectivity index (χ4n) is 1.91. The van der Waals surface area contributed by atoms with E-state index in [9.17, 15) is 4.21 Å². The van der Waals surface area contributed by atoms with E-state index < -0.39 is 10.8 Å². The maximum atomic E-state index is 11.3. The van der Waals surface area contributed by atoms with Crippen LogP contribution < -0.4 is 5.73 Å². The van der Waals surface area contributed by atoms with E-state index in [1.54, 1.807) is 0 Å². The second-order valence-electron chi connectivity index (χ2n) is 4.19. The van der Waals surface area contributed by atoms with Crippen LogP contribution in [0.2, 0.25) is 0 Å². The van der Waals surface area contributed by atoms with E-state index in [4.69, 9.17) is 18.0 Å². The topological polar surface area (TPSA) is 46.3 Å². The molecule has 1 heterocycles. The molecule has 92 valence electrons. The molecule has 0 bridgehead atoms. The highest BCUT2D eigenvalue weighted by Crippen LogP contribution is 2.10. The first-order chi connectivity index (χ1) is 8.15. The minimum absolute atomic E-state index is 0.437. The van der Waals surface area contributed by atoms with Crippen LogP contribution >= 0.6 is 12.2 Å². The van der Waals surface area contributed by atoms with Crippen molar-refractivity contribution in [1.82, 2.24) is 4.90 Å². The van der Waals surface area contributed by atoms with Gasteiger partial charge in [0, 0.05) is 47.5 Å². The van der Waals surface area contributed by atoms with Gasteiger partial charge in [-0.2, -0.15) is 0 Å². The predicted octanol–water partition coefficient (Wildman–Crippen LogP) is 0.885. The van der Waals surface area contributed by atoms with Crippen LogP contribution in [0.25, 0.3) is 0 Å². The first-order valence-electron chi connectivity index (χ1n) is 5.61. The number of thiocarbonyl (C=S) groups is 1. The molecule has 1 aliphatic rings. The summed E-state index contributed by atoms with van der Waals surface area (Å²) in [4.78, 5) is 2.76. The average molecular weight is 268 g/mol. The molecule has 1 fully saturated rings. The first kappa shape index (κ1) is 12.7. The van der Waals surface area contributed by atoms with Gasteiger partial charge in [-0.25, -0.2) is 0 Å². The van der Waals surface area contributed by atoms with Gasteiger partial charge in [0.25, 0.3) is 0 Å². The van der Waals surface area contributed by atoms with Gasteiger partial charge in [0.15, 0.2) is 0 Å². The lowest BCUT2D eigenvalue weighted by Crippen LogP contribution is -2.37. The number of nitrogens with zero attached hydrogens (tertiary/aromatic N) is 1. The van der Waals surface area contributed by atoms with E-state index in [1.165, 1.54) is 5.56 Å². The highest BCUT2D eigenvalue weighted by Gasteiger charge is 2.15. The summed E-state index contributed by atoms with van der Waals surface area (Å²) < 4.78 is 11.3. The quantitative estimate of drug-likeness (QED) is 0.827. The van der Waals surface area contributed by atoms with Gasteiger partial charge in [0.05, 0.1) is 0 Å². The number of rotatable bonds is 3. The van der Waals surface area contributed by atoms with Gasteiger partial charge in [0.1, 0.15) is 4.99 Å². The van der Waals surface area contributed by atoms with Crippen LogP contribution in [-0.4, -0.2) is 38.7 Å². The Labute approximate surface area is 109 Å². The molecule has 1 aromatic rings. The third-order valence-corrected chi connectivity index (χ3v) is 4.40. The van der Waals surface area contributed by atoms with Crippen molar-refractivity contribution < 1.29 is 4.21 Å². The van der Waals surface area contributed by atoms with Crippen molar-refractivity contribution in [2.75, 3.05) is 24.6 Å². The van der Waals surface area contributed by atoms with Crippen LogP contribution in [0, 0.1) is 0 Å². The second-order valence-corrected chi connectivity index (χ2v) is 6.32. The Kier molecular flexibility index (Phi) is 4.25. The average Bonchev–Trinajstić information content (AvgIpc) is 2.32. The molecular weight excluding hydrogens is 252 g/mol. The van der Waals surface area contributed by atoms with Gasteiger partial charge < -0.3 is 5.73 Å². The molecular formula is C12H16N2OS2. The van der Waals surface area contributed by atoms with Gasteiger partial charge in [-0.05, 0) is 11.6 Å². The molecule has 2 N–H and O–H groups in total. The molecule has 0 radical (unpaired) electrons. The van der Waals surface area contributed by atoms with E-state index in [2.05, 4.69) is 11.0 Å². The maximum Gasteiger partial charge on any atom is 0.103 e. The van der Waals surface area contributed by atoms with Crippen molar-refractivity contribution in [3.05, 3.63) is 35.4 Å². The fraction of sp³-hybridized carbons (Fsp3) is 0.417. The summed E-state index contributed by atoms with van der Waals surface area (Å²) in [5.74, 6) is 1.57. The van der Waals surface area contributed by atoms with E-state index in [0.29, 0.717) is 4.99 Å². The summed E-state index contributed by atoms with van der Waals surface area (Å²) >= 11 is 4.97. The van der Waals surface area contributed by atoms with Crippen LogP contribution in [0.1, 0.15) is 11.1 Å². The Morgan fingerprint density at radius 3 is 2.76 bits per heavy atom. The maximum absolute atomic E-state index is 11.3. The van der Waals surface area contributed by atoms with Crippen molar-refractivity contribution in [1.29, 1.82) is 0 Å². The zero-order valence-electron chi connectivity index (χ0n) is 9.59. The van der Waals surface area contributed by atoms with Gasteiger partial charge in [-0.3, -0.25) is 9.11 Å². The second kappa shape index (κ2) is 5.71. The van der Waals surface area contributed by atoms with Crippen molar-refractivity contribution in [3.63, 3.8) is 0 Å². The number of nitrogens with two attached hydrogens (primary N) is 1. The monoisotopic (exact) mass is 268 g/mol. The Balaban J connectivity index is 2.01. The fourth-order valence-corrected chi connectivity index (χ4v) is 3.17. The molecule has 1 aromatic carbocycles. The van der Waals surface area contributed by atoms with Crippen molar-refractivity contribution >= 4 is 28.0 Å². The largest absolute Gasteiger partial charge is 0.389 e. The van der Waals surface area contributed by atoms with Crippen LogP contribution in [0.15, 0.2) is 24.3 Å². The summed E-state index contributed by atoms with van der Waals surface area (Å²) in [6.07, 6.45) is 0. The van der Waals surface area contributed by atoms with Crippen LogP contribution in [-0.2, 0) is 17.3 Å². The van der Waals surface area contributed by atoms with Gasteiger partial charge in [-0.1, -0.05) is 30.4 Å². The predicted molar refractivity (Wildman–Crippen MR) is 75.5 cm³/mol. The van der Waals surface area contributed by atoms with Crippen molar-refractivity contribution in [2.45, 2.75) is 6.54 Å². The third-order valence-electron chi connectivity index (χ3n) is 2.89. The van der Waals surface area contributed by atoms with E-state index in [0.717, 1.165) is 36.7 Å². The molecule has 1 aliphatic heterocycles. The lowest BCUT2D eigenvalue weighted by atomic mass is 10.1. The molecule has 3 nitrogen and oxygen atoms in total. The van der Waals surface area contributed by atoms with Crippen molar-refractivity contribution in [3.8, 4) is 0 Å². The number of benzene rings is 1. The summed E-state index contributed by atoms with van der Waals surface area (Å²) in [5.41, 5.74) is 7.74. The Morgan fingerprint density at radius 1 is 1.41 bits per heavy atom. The minimum atomic E-state index is -0.613. The summed E-state index contributed by atoms with van der Waals surface area (Å²) in [5, 5.41) is 0. The van der Waals surface area contributed by atoms with E-state index >= 15 is 0 Å². The lowest BCUT2D eigenvalue weighted by Gasteiger charge is -2.26. The first-order valence-corrected chi connectivity index (χ1v) is 7.51. The molecule has 0 atom stereocenters. The molecule has 0 saturated carbocycles. The number of hydrogen-bond acceptors (Lipinski definition) is 3. The van der Waals surface area contributed by atoms with Crippen LogP contribution in [0.5, 0.6) is 0 Å². The summed E-state index contributed by atoms with van der Waals surface area (Å²) in [7, 11) is -0.613. The van der Waals surface area contributed by atoms with Gasteiger partial charge in [0.2, 0.25) is 0 Å². The highest BCUT2D eigenvalue weighted by molar-refractivity contribution is 7.85. The zero-order valence-corrected chi connectivity index (χ0v) is 11.2. The molecule has 0 amide bonds. The Hall–Kier alpha value is -0.780. The zero-order chi connectivity index (χ0) is 12.3. The van der Waals surface area contributed by atoms with Gasteiger partial charge >= 0.3 is 0 Å². The number of hydrogen-bond donors (Lipinski definition) is 1. The van der Waals surface area contributed by atoms with Crippen molar-refractivity contribution in [2.24, 2.45) is 5.73 Å². The summed E-state index contributed by atoms with van der Waals surface area (Å²) in [6, 6.07) is 8.02. The normalized spacial score (nSPS) is 18.1. The van der Waals surface area contributed by atoms with Gasteiger partial charge in [-0.15, -0.1) is 0 Å². The molecule has 1 saturated heterocycles. The molecule has 5 heteroatoms. The molecule has 0 spiro atoms. The molecule has 0 aliphatic carbocycles. The summed E-state index contributed by atoms with van der Waals surface area (Å²) in [6.45, 7) is 2.70. The molecule has 0 aromatic heterocycles. The smallest absolute Gasteiger partial charge is 0.103 e. The molecule has 2 rings (SSSR count). The van der Waals surface area contributed by atoms with Crippen LogP contribution in [0.4, 0.5) is 0 Å². The van der Waals surface area contributed by atoms with Crippen LogP contribution in [0.3, 0.4) is 0 Å². The third kappa shape index (κ3) is 3.59. The molecule has 17 heavy (non-hydrogen) atoms. The molecule has 0 unspecified atom stereocenters. The minimum Gasteiger partial charge on any atom is -0.389 e. The standard InChI is InChI=1S/C12H16N2OS2/c13-12(16)11-3-1-2-10(8-11)9-14-4-6-17(15)7-5-14/h1-3,8H,4-7,9H2,(H2,13,16). The Bertz CT molecular complexity index is 438. The highest BCUT2D eigenvalue weighted by atomic mass is 32.2. The Morgan fingerprint density at radius 2 is 2.12 bits per heavy atom. The SMILES string of the molecule is NC(=S)c1cccc(CN2CCS(=O)CC2)c1. The van der Waals surface area contributed by atoms with E-state index in [1.807, 2.05) is 18.2 Å². The lowest BCUT2D eigenvalue weighted by molar-refractivity contribution is 0.291. The van der Waals surface area contributed by atoms with E-state index in [-0.39, 0.29) is 0 Å².